The zero-order valence-corrected chi connectivity index (χ0v) is 12.6. The molecule has 22 heavy (non-hydrogen) atoms. The van der Waals surface area contributed by atoms with Crippen molar-refractivity contribution < 1.29 is 13.9 Å². The Morgan fingerprint density at radius 1 is 1.18 bits per heavy atom. The number of carbonyl (C=O) groups is 1. The van der Waals surface area contributed by atoms with E-state index in [1.807, 2.05) is 19.1 Å². The van der Waals surface area contributed by atoms with E-state index < -0.39 is 0 Å². The van der Waals surface area contributed by atoms with Crippen molar-refractivity contribution >= 4 is 11.7 Å². The highest BCUT2D eigenvalue weighted by atomic mass is 19.1. The molecule has 2 aromatic rings. The van der Waals surface area contributed by atoms with Crippen molar-refractivity contribution in [3.63, 3.8) is 0 Å². The maximum absolute atomic E-state index is 13.1. The third-order valence-electron chi connectivity index (χ3n) is 3.21. The van der Waals surface area contributed by atoms with Crippen LogP contribution in [0.4, 0.5) is 10.1 Å². The Morgan fingerprint density at radius 3 is 2.77 bits per heavy atom. The first-order valence-electron chi connectivity index (χ1n) is 7.44. The molecule has 2 aromatic carbocycles. The molecule has 0 aliphatic rings. The molecule has 0 fully saturated rings. The van der Waals surface area contributed by atoms with E-state index in [1.165, 1.54) is 12.1 Å². The van der Waals surface area contributed by atoms with E-state index >= 15 is 0 Å². The highest BCUT2D eigenvalue weighted by Crippen LogP contribution is 2.14. The summed E-state index contributed by atoms with van der Waals surface area (Å²) in [5.41, 5.74) is 2.16. The summed E-state index contributed by atoms with van der Waals surface area (Å²) in [6, 6.07) is 13.5. The molecule has 0 aromatic heterocycles. The molecular formula is C18H20FNO2. The first-order valence-corrected chi connectivity index (χ1v) is 7.44. The Morgan fingerprint density at radius 2 is 2.00 bits per heavy atom. The van der Waals surface area contributed by atoms with Crippen LogP contribution in [-0.4, -0.2) is 12.6 Å². The van der Waals surface area contributed by atoms with Gasteiger partial charge in [0.1, 0.15) is 5.82 Å². The maximum Gasteiger partial charge on any atom is 0.338 e. The highest BCUT2D eigenvalue weighted by molar-refractivity contribution is 5.90. The minimum absolute atomic E-state index is 0.257. The Bertz CT molecular complexity index is 628. The van der Waals surface area contributed by atoms with Gasteiger partial charge in [0.25, 0.3) is 0 Å². The summed E-state index contributed by atoms with van der Waals surface area (Å²) in [6.07, 6.45) is 1.85. The van der Waals surface area contributed by atoms with Gasteiger partial charge in [0.15, 0.2) is 0 Å². The lowest BCUT2D eigenvalue weighted by molar-refractivity contribution is 0.0500. The van der Waals surface area contributed by atoms with E-state index in [2.05, 4.69) is 5.32 Å². The number of esters is 1. The van der Waals surface area contributed by atoms with Crippen molar-refractivity contribution in [2.75, 3.05) is 11.9 Å². The number of nitrogens with one attached hydrogen (secondary N) is 1. The van der Waals surface area contributed by atoms with E-state index in [9.17, 15) is 9.18 Å². The van der Waals surface area contributed by atoms with Crippen LogP contribution in [0.15, 0.2) is 48.5 Å². The number of carbonyl (C=O) groups excluding carboxylic acids is 1. The van der Waals surface area contributed by atoms with Gasteiger partial charge < -0.3 is 10.1 Å². The Balaban J connectivity index is 1.95. The van der Waals surface area contributed by atoms with Crippen molar-refractivity contribution in [1.29, 1.82) is 0 Å². The lowest BCUT2D eigenvalue weighted by Crippen LogP contribution is -2.07. The lowest BCUT2D eigenvalue weighted by atomic mass is 10.2. The van der Waals surface area contributed by atoms with Crippen LogP contribution in [0.5, 0.6) is 0 Å². The number of hydrogen-bond donors (Lipinski definition) is 1. The number of hydrogen-bond acceptors (Lipinski definition) is 3. The third kappa shape index (κ3) is 4.88. The maximum atomic E-state index is 13.1. The lowest BCUT2D eigenvalue weighted by Gasteiger charge is -2.09. The molecule has 0 atom stereocenters. The van der Waals surface area contributed by atoms with Crippen LogP contribution in [0.3, 0.4) is 0 Å². The van der Waals surface area contributed by atoms with Crippen LogP contribution in [0.2, 0.25) is 0 Å². The summed E-state index contributed by atoms with van der Waals surface area (Å²) in [7, 11) is 0. The first kappa shape index (κ1) is 16.0. The smallest absolute Gasteiger partial charge is 0.338 e. The Kier molecular flexibility index (Phi) is 5.95. The topological polar surface area (TPSA) is 38.3 Å². The molecule has 0 saturated carbocycles. The van der Waals surface area contributed by atoms with Crippen molar-refractivity contribution in [1.82, 2.24) is 0 Å². The van der Waals surface area contributed by atoms with Crippen LogP contribution in [0.1, 0.15) is 35.7 Å². The molecule has 0 bridgehead atoms. The van der Waals surface area contributed by atoms with Gasteiger partial charge in [-0.3, -0.25) is 0 Å². The first-order chi connectivity index (χ1) is 10.7. The largest absolute Gasteiger partial charge is 0.462 e. The summed E-state index contributed by atoms with van der Waals surface area (Å²) < 4.78 is 18.3. The van der Waals surface area contributed by atoms with Crippen LogP contribution >= 0.6 is 0 Å². The SMILES string of the molecule is CCCCOC(=O)c1cccc(NCc2cccc(F)c2)c1. The quantitative estimate of drug-likeness (QED) is 0.608. The summed E-state index contributed by atoms with van der Waals surface area (Å²) in [4.78, 5) is 11.9. The average molecular weight is 301 g/mol. The van der Waals surface area contributed by atoms with Crippen molar-refractivity contribution in [2.45, 2.75) is 26.3 Å². The molecule has 0 heterocycles. The molecular weight excluding hydrogens is 281 g/mol. The fourth-order valence-corrected chi connectivity index (χ4v) is 2.00. The predicted octanol–water partition coefficient (Wildman–Crippen LogP) is 4.39. The molecule has 3 nitrogen and oxygen atoms in total. The number of halogens is 1. The third-order valence-corrected chi connectivity index (χ3v) is 3.21. The van der Waals surface area contributed by atoms with Gasteiger partial charge in [-0.05, 0) is 42.3 Å². The zero-order valence-electron chi connectivity index (χ0n) is 12.6. The Hall–Kier alpha value is -2.36. The monoisotopic (exact) mass is 301 g/mol. The highest BCUT2D eigenvalue weighted by Gasteiger charge is 2.07. The van der Waals surface area contributed by atoms with E-state index in [1.54, 1.807) is 24.3 Å². The van der Waals surface area contributed by atoms with Crippen LogP contribution < -0.4 is 5.32 Å². The Labute approximate surface area is 130 Å². The predicted molar refractivity (Wildman–Crippen MR) is 85.4 cm³/mol. The second kappa shape index (κ2) is 8.17. The van der Waals surface area contributed by atoms with Crippen LogP contribution in [-0.2, 0) is 11.3 Å². The molecule has 0 spiro atoms. The normalized spacial score (nSPS) is 10.3. The van der Waals surface area contributed by atoms with Crippen molar-refractivity contribution in [3.05, 3.63) is 65.5 Å². The standard InChI is InChI=1S/C18H20FNO2/c1-2-3-10-22-18(21)15-7-5-9-17(12-15)20-13-14-6-4-8-16(19)11-14/h4-9,11-12,20H,2-3,10,13H2,1H3. The van der Waals surface area contributed by atoms with Gasteiger partial charge in [0, 0.05) is 12.2 Å². The zero-order chi connectivity index (χ0) is 15.8. The molecule has 0 aliphatic heterocycles. The van der Waals surface area contributed by atoms with Crippen LogP contribution in [0, 0.1) is 5.82 Å². The minimum Gasteiger partial charge on any atom is -0.462 e. The average Bonchev–Trinajstić information content (AvgIpc) is 2.53. The molecule has 0 amide bonds. The fraction of sp³-hybridized carbons (Fsp3) is 0.278. The van der Waals surface area contributed by atoms with Crippen molar-refractivity contribution in [2.24, 2.45) is 0 Å². The van der Waals surface area contributed by atoms with Crippen LogP contribution in [0.25, 0.3) is 0 Å². The number of anilines is 1. The molecule has 2 rings (SSSR count). The van der Waals surface area contributed by atoms with E-state index in [4.69, 9.17) is 4.74 Å². The van der Waals surface area contributed by atoms with E-state index in [0.29, 0.717) is 18.7 Å². The van der Waals surface area contributed by atoms with E-state index in [0.717, 1.165) is 24.1 Å². The van der Waals surface area contributed by atoms with Gasteiger partial charge in [-0.15, -0.1) is 0 Å². The minimum atomic E-state index is -0.317. The second-order valence-electron chi connectivity index (χ2n) is 5.05. The molecule has 116 valence electrons. The number of unbranched alkanes of at least 4 members (excludes halogenated alkanes) is 1. The number of benzene rings is 2. The summed E-state index contributed by atoms with van der Waals surface area (Å²) in [5, 5.41) is 3.18. The van der Waals surface area contributed by atoms with Crippen molar-refractivity contribution in [3.8, 4) is 0 Å². The second-order valence-corrected chi connectivity index (χ2v) is 5.05. The summed E-state index contributed by atoms with van der Waals surface area (Å²) >= 11 is 0. The van der Waals surface area contributed by atoms with Gasteiger partial charge >= 0.3 is 5.97 Å². The number of ether oxygens (including phenoxy) is 1. The summed E-state index contributed by atoms with van der Waals surface area (Å²) in [6.45, 7) is 2.98. The number of rotatable bonds is 7. The fourth-order valence-electron chi connectivity index (χ4n) is 2.00. The summed E-state index contributed by atoms with van der Waals surface area (Å²) in [5.74, 6) is -0.574. The van der Waals surface area contributed by atoms with Gasteiger partial charge in [-0.1, -0.05) is 31.5 Å². The van der Waals surface area contributed by atoms with Gasteiger partial charge in [0.2, 0.25) is 0 Å². The molecule has 1 N–H and O–H groups in total. The molecule has 4 heteroatoms. The molecule has 0 aliphatic carbocycles. The van der Waals surface area contributed by atoms with Gasteiger partial charge in [-0.25, -0.2) is 9.18 Å². The molecule has 0 saturated heterocycles. The molecule has 0 radical (unpaired) electrons. The molecule has 0 unspecified atom stereocenters. The van der Waals surface area contributed by atoms with E-state index in [-0.39, 0.29) is 11.8 Å². The van der Waals surface area contributed by atoms with Gasteiger partial charge in [0.05, 0.1) is 12.2 Å². The van der Waals surface area contributed by atoms with Gasteiger partial charge in [-0.2, -0.15) is 0 Å².